The van der Waals surface area contributed by atoms with Crippen molar-refractivity contribution in [1.29, 1.82) is 0 Å². The quantitative estimate of drug-likeness (QED) is 0.0724. The Morgan fingerprint density at radius 1 is 0.281 bits per heavy atom. The molecule has 21 aliphatic rings. The van der Waals surface area contributed by atoms with Crippen LogP contribution in [-0.2, 0) is 75.9 Å². The van der Waals surface area contributed by atoms with Crippen molar-refractivity contribution < 1.29 is 183 Å². The molecule has 0 radical (unpaired) electrons. The van der Waals surface area contributed by atoms with Gasteiger partial charge in [-0.15, -0.1) is 0 Å². The molecule has 21 fully saturated rings. The summed E-state index contributed by atoms with van der Waals surface area (Å²) in [6, 6.07) is -2.94. The summed E-state index contributed by atoms with van der Waals surface area (Å²) in [5, 5.41) is 233. The standard InChI is InChI=1S/C48H80N2O37S2/c49-10(40(70)71)6-88-8-17-38-25(62)32(69)48(80-17)85-37-16(5-55)76-44(28(65)21(37)58)83-35-14(3-53)78-46(30(67)23(35)60)87-39-18(9-89-7-11(50)41(72)73)79-47(31(68)24(39)61)84-36-15(4-54)75-43(27(64)20(36)57)81-33-12(1-51)74-42(26(63)19(33)56)82-34-13(2-52)77-45(86-38)29(66)22(34)59/h10-39,42-48,51-69H,1-9,49-50H2,(H,70,71)(H,72,73)/t10-,11-,12?,13?,14?,15?,16?,17?,18?,19-,20-,21-,22-,23-,24-,25-,26?,27+,28?,29?,30?,31?,32?,33-,34-,35-,36-,37-,38+,39-,42+,43?,44+,45-,46+,47+,48-/m1/s1. The zero-order valence-electron chi connectivity index (χ0n) is 46.6. The molecule has 25 N–H and O–H groups in total. The molecule has 21 saturated heterocycles. The van der Waals surface area contributed by atoms with E-state index in [0.717, 1.165) is 23.5 Å². The number of thioether (sulfide) groups is 2. The molecule has 41 heteroatoms. The highest BCUT2D eigenvalue weighted by atomic mass is 32.2. The van der Waals surface area contributed by atoms with Gasteiger partial charge in [-0.3, -0.25) is 9.59 Å². The second-order valence-electron chi connectivity index (χ2n) is 22.3. The van der Waals surface area contributed by atoms with Gasteiger partial charge in [0.05, 0.1) is 45.2 Å². The zero-order valence-corrected chi connectivity index (χ0v) is 48.3. The maximum atomic E-state index is 11.7. The first-order chi connectivity index (χ1) is 42.2. The predicted molar refractivity (Wildman–Crippen MR) is 280 cm³/mol. The molecule has 14 unspecified atom stereocenters. The topological polar surface area (TPSA) is 640 Å². The molecule has 21 aliphatic heterocycles. The fourth-order valence-electron chi connectivity index (χ4n) is 11.2. The Morgan fingerprint density at radius 2 is 0.438 bits per heavy atom. The Bertz CT molecular complexity index is 2200. The summed E-state index contributed by atoms with van der Waals surface area (Å²) in [6.45, 7) is -5.43. The summed E-state index contributed by atoms with van der Waals surface area (Å²) < 4.78 is 81.6. The van der Waals surface area contributed by atoms with Crippen LogP contribution < -0.4 is 11.5 Å². The molecule has 0 aromatic rings. The van der Waals surface area contributed by atoms with Gasteiger partial charge in [-0.05, 0) is 0 Å². The molecule has 21 rings (SSSR count). The summed E-state index contributed by atoms with van der Waals surface area (Å²) in [7, 11) is 0. The number of rotatable bonds is 15. The Morgan fingerprint density at radius 3 is 0.596 bits per heavy atom. The minimum Gasteiger partial charge on any atom is -0.480 e. The van der Waals surface area contributed by atoms with E-state index in [4.69, 9.17) is 77.8 Å². The number of ether oxygens (including phenoxy) is 14. The van der Waals surface area contributed by atoms with Crippen LogP contribution in [-0.4, -0.2) is 402 Å². The fraction of sp³-hybridized carbons (Fsp3) is 0.958. The number of aliphatic carboxylic acids is 2. The summed E-state index contributed by atoms with van der Waals surface area (Å²) in [5.41, 5.74) is 11.4. The van der Waals surface area contributed by atoms with Gasteiger partial charge >= 0.3 is 11.9 Å². The predicted octanol–water partition coefficient (Wildman–Crippen LogP) is -14.9. The Balaban J connectivity index is 1.11. The molecular weight excluding hydrogens is 1260 g/mol. The van der Waals surface area contributed by atoms with Crippen molar-refractivity contribution in [3.63, 3.8) is 0 Å². The van der Waals surface area contributed by atoms with Crippen molar-refractivity contribution in [2.24, 2.45) is 11.5 Å². The first kappa shape index (κ1) is 73.1. The van der Waals surface area contributed by atoms with E-state index in [1.807, 2.05) is 0 Å². The molecule has 89 heavy (non-hydrogen) atoms. The molecule has 0 saturated carbocycles. The molecule has 0 amide bonds. The number of aliphatic hydroxyl groups is 19. The third-order valence-electron chi connectivity index (χ3n) is 16.2. The molecular formula is C48H80N2O37S2. The van der Waals surface area contributed by atoms with Crippen LogP contribution in [0.25, 0.3) is 0 Å². The van der Waals surface area contributed by atoms with E-state index in [1.165, 1.54) is 0 Å². The summed E-state index contributed by atoms with van der Waals surface area (Å²) in [6.07, 6.45) is -71.4. The van der Waals surface area contributed by atoms with Crippen molar-refractivity contribution in [3.8, 4) is 0 Å². The molecule has 0 aromatic heterocycles. The van der Waals surface area contributed by atoms with Crippen molar-refractivity contribution >= 4 is 35.5 Å². The second-order valence-corrected chi connectivity index (χ2v) is 24.4. The highest BCUT2D eigenvalue weighted by Gasteiger charge is 2.60. The van der Waals surface area contributed by atoms with Crippen LogP contribution in [0.5, 0.6) is 0 Å². The largest absolute Gasteiger partial charge is 0.480 e. The third-order valence-corrected chi connectivity index (χ3v) is 18.5. The molecule has 21 heterocycles. The molecule has 516 valence electrons. The first-order valence-electron chi connectivity index (χ1n) is 28.1. The summed E-state index contributed by atoms with van der Waals surface area (Å²) in [5.74, 6) is -4.26. The number of carboxylic acid groups (broad SMARTS) is 2. The SMILES string of the molecule is N[C@H](CSCC1O[C@H]2O[C@@H]3C(CO)OC(O[C@@H]4C(CO)O[C@@H](O[C@@H]5C(CO)O[C@H](O[C@H]6C(CSC[C@@H](N)C(=O)O)O[C@H](O[C@@H]7C(CO)O[C@@H](O[C@@H]8C(CO)O[C@@H](O[C@H]1[C@H](O)C2O)C(O)[C@H]8O)C(O)[C@H]7O)C(O)[C@H]6O)C(O)[C@H]5O)C(O)[C@H]4O)[C@@H](O)[C@H]3O)C(=O)O. The van der Waals surface area contributed by atoms with Crippen LogP contribution in [0.4, 0.5) is 0 Å². The summed E-state index contributed by atoms with van der Waals surface area (Å²) in [4.78, 5) is 23.2. The maximum absolute atomic E-state index is 11.7. The van der Waals surface area contributed by atoms with Gasteiger partial charge in [0.15, 0.2) is 44.0 Å². The smallest absolute Gasteiger partial charge is 0.321 e. The van der Waals surface area contributed by atoms with Gasteiger partial charge in [-0.2, -0.15) is 23.5 Å². The van der Waals surface area contributed by atoms with E-state index in [9.17, 15) is 117 Å². The van der Waals surface area contributed by atoms with Crippen LogP contribution >= 0.6 is 23.5 Å². The van der Waals surface area contributed by atoms with Crippen LogP contribution in [0.15, 0.2) is 0 Å². The molecule has 37 atom stereocenters. The molecule has 0 spiro atoms. The van der Waals surface area contributed by atoms with Gasteiger partial charge in [0.25, 0.3) is 0 Å². The molecule has 39 nitrogen and oxygen atoms in total. The lowest BCUT2D eigenvalue weighted by molar-refractivity contribution is -0.395. The van der Waals surface area contributed by atoms with Gasteiger partial charge in [0, 0.05) is 23.0 Å². The molecule has 0 aromatic carbocycles. The van der Waals surface area contributed by atoms with Crippen molar-refractivity contribution in [2.75, 3.05) is 56.0 Å². The van der Waals surface area contributed by atoms with Crippen LogP contribution in [0.1, 0.15) is 0 Å². The second kappa shape index (κ2) is 31.9. The van der Waals surface area contributed by atoms with Gasteiger partial charge in [-0.1, -0.05) is 0 Å². The number of carbonyl (C=O) groups is 2. The highest BCUT2D eigenvalue weighted by Crippen LogP contribution is 2.40. The minimum atomic E-state index is -2.27. The lowest BCUT2D eigenvalue weighted by Gasteiger charge is -2.50. The van der Waals surface area contributed by atoms with Crippen molar-refractivity contribution in [3.05, 3.63) is 0 Å². The van der Waals surface area contributed by atoms with E-state index >= 15 is 0 Å². The maximum Gasteiger partial charge on any atom is 0.321 e. The molecule has 14 bridgehead atoms. The fourth-order valence-corrected chi connectivity index (χ4v) is 13.2. The average Bonchev–Trinajstić information content (AvgIpc) is 0.884. The third kappa shape index (κ3) is 15.9. The van der Waals surface area contributed by atoms with Gasteiger partial charge in [0.1, 0.15) is 171 Å². The van der Waals surface area contributed by atoms with Crippen LogP contribution in [0.3, 0.4) is 0 Å². The lowest BCUT2D eigenvalue weighted by Crippen LogP contribution is -2.68. The van der Waals surface area contributed by atoms with Crippen LogP contribution in [0, 0.1) is 0 Å². The average molecular weight is 1340 g/mol. The normalized spacial score (nSPS) is 50.1. The number of carboxylic acids is 2. The summed E-state index contributed by atoms with van der Waals surface area (Å²) >= 11 is 1.60. The van der Waals surface area contributed by atoms with Crippen molar-refractivity contribution in [2.45, 2.75) is 227 Å². The van der Waals surface area contributed by atoms with Gasteiger partial charge in [0.2, 0.25) is 0 Å². The number of hydrogen-bond donors (Lipinski definition) is 23. The van der Waals surface area contributed by atoms with E-state index in [2.05, 4.69) is 0 Å². The number of hydrogen-bond acceptors (Lipinski definition) is 39. The highest BCUT2D eigenvalue weighted by molar-refractivity contribution is 7.99. The Hall–Kier alpha value is -1.76. The van der Waals surface area contributed by atoms with Gasteiger partial charge in [-0.25, -0.2) is 0 Å². The monoisotopic (exact) mass is 1340 g/mol. The van der Waals surface area contributed by atoms with E-state index < -0.39 is 284 Å². The lowest BCUT2D eigenvalue weighted by atomic mass is 9.95. The molecule has 0 aliphatic carbocycles. The van der Waals surface area contributed by atoms with E-state index in [-0.39, 0.29) is 11.5 Å². The Kier molecular flexibility index (Phi) is 26.2. The van der Waals surface area contributed by atoms with Gasteiger partial charge < -0.3 is 185 Å². The Labute approximate surface area is 511 Å². The van der Waals surface area contributed by atoms with Crippen LogP contribution in [0.2, 0.25) is 0 Å². The van der Waals surface area contributed by atoms with E-state index in [0.29, 0.717) is 0 Å². The zero-order chi connectivity index (χ0) is 65.2. The van der Waals surface area contributed by atoms with E-state index in [1.54, 1.807) is 0 Å². The number of aliphatic hydroxyl groups excluding tert-OH is 19. The van der Waals surface area contributed by atoms with Crippen molar-refractivity contribution in [1.82, 2.24) is 0 Å². The first-order valence-corrected chi connectivity index (χ1v) is 30.4. The minimum absolute atomic E-state index is 0.319. The number of nitrogens with two attached hydrogens (primary N) is 2.